The second-order valence-corrected chi connectivity index (χ2v) is 5.95. The molecule has 0 saturated carbocycles. The maximum absolute atomic E-state index is 13.9. The lowest BCUT2D eigenvalue weighted by atomic mass is 10.1. The number of hydrogen-bond acceptors (Lipinski definition) is 3. The summed E-state index contributed by atoms with van der Waals surface area (Å²) < 4.78 is 19.0. The van der Waals surface area contributed by atoms with E-state index in [1.165, 1.54) is 6.07 Å². The van der Waals surface area contributed by atoms with Gasteiger partial charge < -0.3 is 10.5 Å². The first kappa shape index (κ1) is 16.4. The van der Waals surface area contributed by atoms with Gasteiger partial charge in [-0.2, -0.15) is 0 Å². The molecule has 0 bridgehead atoms. The van der Waals surface area contributed by atoms with Gasteiger partial charge >= 0.3 is 6.09 Å². The van der Waals surface area contributed by atoms with Crippen LogP contribution in [0.3, 0.4) is 0 Å². The third-order valence-corrected chi connectivity index (χ3v) is 2.57. The summed E-state index contributed by atoms with van der Waals surface area (Å²) in [6, 6.07) is 4.64. The zero-order chi connectivity index (χ0) is 15.3. The molecular formula is C15H23FN2O2. The van der Waals surface area contributed by atoms with Crippen molar-refractivity contribution in [2.75, 3.05) is 5.32 Å². The number of amides is 1. The summed E-state index contributed by atoms with van der Waals surface area (Å²) in [6.07, 6.45) is 0.701. The van der Waals surface area contributed by atoms with E-state index in [0.29, 0.717) is 17.7 Å². The van der Waals surface area contributed by atoms with Crippen molar-refractivity contribution in [2.24, 2.45) is 5.73 Å². The number of nitrogens with one attached hydrogen (secondary N) is 1. The fraction of sp³-hybridized carbons (Fsp3) is 0.533. The van der Waals surface area contributed by atoms with Gasteiger partial charge in [-0.25, -0.2) is 9.18 Å². The minimum Gasteiger partial charge on any atom is -0.444 e. The first-order valence-corrected chi connectivity index (χ1v) is 6.71. The number of benzene rings is 1. The second kappa shape index (κ2) is 6.70. The van der Waals surface area contributed by atoms with Crippen LogP contribution in [0.2, 0.25) is 0 Å². The minimum atomic E-state index is -0.597. The maximum Gasteiger partial charge on any atom is 0.412 e. The normalized spacial score (nSPS) is 12.9. The van der Waals surface area contributed by atoms with E-state index < -0.39 is 11.7 Å². The Morgan fingerprint density at radius 3 is 2.60 bits per heavy atom. The zero-order valence-electron chi connectivity index (χ0n) is 12.5. The number of ether oxygens (including phenoxy) is 1. The Bertz CT molecular complexity index is 467. The molecule has 1 atom stereocenters. The van der Waals surface area contributed by atoms with Crippen LogP contribution < -0.4 is 11.1 Å². The van der Waals surface area contributed by atoms with E-state index in [1.807, 2.05) is 6.92 Å². The first-order chi connectivity index (χ1) is 9.17. The van der Waals surface area contributed by atoms with Gasteiger partial charge in [-0.1, -0.05) is 6.07 Å². The standard InChI is InChI=1S/C15H23FN2O2/c1-10(17)5-6-11-7-8-12(9-13(11)16)18-14(19)20-15(2,3)4/h7-10H,5-6,17H2,1-4H3,(H,18,19)/t10-/m0/s1. The average molecular weight is 282 g/mol. The van der Waals surface area contributed by atoms with Crippen molar-refractivity contribution < 1.29 is 13.9 Å². The third-order valence-electron chi connectivity index (χ3n) is 2.57. The fourth-order valence-corrected chi connectivity index (χ4v) is 1.63. The Labute approximate surface area is 119 Å². The molecule has 0 heterocycles. The molecule has 1 aromatic rings. The molecule has 0 aliphatic heterocycles. The number of halogens is 1. The highest BCUT2D eigenvalue weighted by Gasteiger charge is 2.16. The van der Waals surface area contributed by atoms with Crippen LogP contribution in [0, 0.1) is 5.82 Å². The SMILES string of the molecule is C[C@H](N)CCc1ccc(NC(=O)OC(C)(C)C)cc1F. The Morgan fingerprint density at radius 2 is 2.10 bits per heavy atom. The molecule has 3 N–H and O–H groups in total. The van der Waals surface area contributed by atoms with Gasteiger partial charge in [0.1, 0.15) is 11.4 Å². The third kappa shape index (κ3) is 6.02. The van der Waals surface area contributed by atoms with E-state index >= 15 is 0 Å². The zero-order valence-corrected chi connectivity index (χ0v) is 12.5. The van der Waals surface area contributed by atoms with Crippen molar-refractivity contribution in [1.29, 1.82) is 0 Å². The number of nitrogens with two attached hydrogens (primary N) is 1. The van der Waals surface area contributed by atoms with Crippen molar-refractivity contribution in [3.63, 3.8) is 0 Å². The molecule has 0 radical (unpaired) electrons. The molecule has 1 rings (SSSR count). The minimum absolute atomic E-state index is 0.0361. The van der Waals surface area contributed by atoms with Gasteiger partial charge in [0, 0.05) is 11.7 Å². The molecule has 0 fully saturated rings. The van der Waals surface area contributed by atoms with Crippen LogP contribution >= 0.6 is 0 Å². The summed E-state index contributed by atoms with van der Waals surface area (Å²) in [5.74, 6) is -0.348. The van der Waals surface area contributed by atoms with Crippen molar-refractivity contribution in [1.82, 2.24) is 0 Å². The van der Waals surface area contributed by atoms with E-state index in [2.05, 4.69) is 5.32 Å². The summed E-state index contributed by atoms with van der Waals surface area (Å²) in [6.45, 7) is 7.19. The van der Waals surface area contributed by atoms with Crippen LogP contribution in [0.5, 0.6) is 0 Å². The molecule has 1 amide bonds. The molecule has 20 heavy (non-hydrogen) atoms. The Morgan fingerprint density at radius 1 is 1.45 bits per heavy atom. The highest BCUT2D eigenvalue weighted by molar-refractivity contribution is 5.84. The fourth-order valence-electron chi connectivity index (χ4n) is 1.63. The van der Waals surface area contributed by atoms with Gasteiger partial charge in [0.2, 0.25) is 0 Å². The monoisotopic (exact) mass is 282 g/mol. The van der Waals surface area contributed by atoms with Gasteiger partial charge in [0.15, 0.2) is 0 Å². The summed E-state index contributed by atoms with van der Waals surface area (Å²) in [4.78, 5) is 11.6. The van der Waals surface area contributed by atoms with Crippen molar-refractivity contribution >= 4 is 11.8 Å². The van der Waals surface area contributed by atoms with Crippen LogP contribution in [0.25, 0.3) is 0 Å². The summed E-state index contributed by atoms with van der Waals surface area (Å²) in [5, 5.41) is 2.51. The lowest BCUT2D eigenvalue weighted by Crippen LogP contribution is -2.27. The number of anilines is 1. The van der Waals surface area contributed by atoms with Crippen LogP contribution in [0.15, 0.2) is 18.2 Å². The highest BCUT2D eigenvalue weighted by Crippen LogP contribution is 2.17. The molecule has 4 nitrogen and oxygen atoms in total. The maximum atomic E-state index is 13.9. The predicted octanol–water partition coefficient (Wildman–Crippen LogP) is 3.45. The number of aryl methyl sites for hydroxylation is 1. The van der Waals surface area contributed by atoms with Crippen LogP contribution in [0.1, 0.15) is 39.7 Å². The number of hydrogen-bond donors (Lipinski definition) is 2. The molecule has 5 heteroatoms. The Balaban J connectivity index is 2.65. The molecule has 0 spiro atoms. The van der Waals surface area contributed by atoms with E-state index in [4.69, 9.17) is 10.5 Å². The topological polar surface area (TPSA) is 64.3 Å². The molecular weight excluding hydrogens is 259 g/mol. The predicted molar refractivity (Wildman–Crippen MR) is 78.2 cm³/mol. The number of rotatable bonds is 4. The second-order valence-electron chi connectivity index (χ2n) is 5.95. The van der Waals surface area contributed by atoms with Crippen LogP contribution in [-0.2, 0) is 11.2 Å². The van der Waals surface area contributed by atoms with Gasteiger partial charge in [-0.3, -0.25) is 5.32 Å². The van der Waals surface area contributed by atoms with Gasteiger partial charge in [0.25, 0.3) is 0 Å². The summed E-state index contributed by atoms with van der Waals surface area (Å²) >= 11 is 0. The van der Waals surface area contributed by atoms with Crippen molar-refractivity contribution in [3.8, 4) is 0 Å². The van der Waals surface area contributed by atoms with Crippen LogP contribution in [-0.4, -0.2) is 17.7 Å². The van der Waals surface area contributed by atoms with Gasteiger partial charge in [-0.15, -0.1) is 0 Å². The van der Waals surface area contributed by atoms with Crippen molar-refractivity contribution in [3.05, 3.63) is 29.6 Å². The Hall–Kier alpha value is -1.62. The number of carbonyl (C=O) groups is 1. The lowest BCUT2D eigenvalue weighted by molar-refractivity contribution is 0.0636. The van der Waals surface area contributed by atoms with E-state index in [1.54, 1.807) is 32.9 Å². The summed E-state index contributed by atoms with van der Waals surface area (Å²) in [5.41, 5.74) is 6.04. The quantitative estimate of drug-likeness (QED) is 0.889. The largest absolute Gasteiger partial charge is 0.444 e. The molecule has 0 aromatic heterocycles. The van der Waals surface area contributed by atoms with E-state index in [-0.39, 0.29) is 11.9 Å². The molecule has 112 valence electrons. The Kier molecular flexibility index (Phi) is 5.51. The highest BCUT2D eigenvalue weighted by atomic mass is 19.1. The molecule has 0 unspecified atom stereocenters. The van der Waals surface area contributed by atoms with E-state index in [9.17, 15) is 9.18 Å². The first-order valence-electron chi connectivity index (χ1n) is 6.71. The molecule has 0 saturated heterocycles. The molecule has 0 aliphatic rings. The van der Waals surface area contributed by atoms with Gasteiger partial charge in [0.05, 0.1) is 0 Å². The lowest BCUT2D eigenvalue weighted by Gasteiger charge is -2.19. The smallest absolute Gasteiger partial charge is 0.412 e. The van der Waals surface area contributed by atoms with Gasteiger partial charge in [-0.05, 0) is 58.2 Å². The molecule has 1 aromatic carbocycles. The average Bonchev–Trinajstić information content (AvgIpc) is 2.24. The number of carbonyl (C=O) groups excluding carboxylic acids is 1. The van der Waals surface area contributed by atoms with E-state index in [0.717, 1.165) is 6.42 Å². The van der Waals surface area contributed by atoms with Crippen molar-refractivity contribution in [2.45, 2.75) is 52.2 Å². The van der Waals surface area contributed by atoms with Crippen LogP contribution in [0.4, 0.5) is 14.9 Å². The molecule has 0 aliphatic carbocycles. The summed E-state index contributed by atoms with van der Waals surface area (Å²) in [7, 11) is 0.